The molecule has 120 valence electrons. The molecule has 0 radical (unpaired) electrons. The summed E-state index contributed by atoms with van der Waals surface area (Å²) in [7, 11) is 0. The van der Waals surface area contributed by atoms with E-state index >= 15 is 0 Å². The summed E-state index contributed by atoms with van der Waals surface area (Å²) in [6.45, 7) is 7.75. The molecule has 0 atom stereocenters. The molecule has 0 spiro atoms. The number of nitrogens with zero attached hydrogens (tertiary/aromatic N) is 3. The van der Waals surface area contributed by atoms with Crippen LogP contribution in [0.2, 0.25) is 0 Å². The van der Waals surface area contributed by atoms with E-state index in [-0.39, 0.29) is 5.91 Å². The molecule has 6 nitrogen and oxygen atoms in total. The third-order valence-corrected chi connectivity index (χ3v) is 4.04. The van der Waals surface area contributed by atoms with E-state index in [2.05, 4.69) is 34.5 Å². The van der Waals surface area contributed by atoms with Gasteiger partial charge in [-0.05, 0) is 51.2 Å². The maximum atomic E-state index is 11.8. The Morgan fingerprint density at radius 3 is 2.77 bits per heavy atom. The van der Waals surface area contributed by atoms with Crippen molar-refractivity contribution in [3.63, 3.8) is 0 Å². The molecule has 0 saturated heterocycles. The second-order valence-electron chi connectivity index (χ2n) is 5.68. The number of carbonyl (C=O) groups excluding carboxylic acids is 1. The van der Waals surface area contributed by atoms with Crippen molar-refractivity contribution in [1.82, 2.24) is 25.3 Å². The summed E-state index contributed by atoms with van der Waals surface area (Å²) in [6, 6.07) is 0. The van der Waals surface area contributed by atoms with Crippen LogP contribution in [-0.2, 0) is 17.8 Å². The predicted octanol–water partition coefficient (Wildman–Crippen LogP) is 2.06. The number of aromatic amines is 1. The van der Waals surface area contributed by atoms with Gasteiger partial charge in [0.2, 0.25) is 5.91 Å². The molecule has 2 heterocycles. The summed E-state index contributed by atoms with van der Waals surface area (Å²) in [5.41, 5.74) is 4.70. The zero-order valence-electron chi connectivity index (χ0n) is 13.6. The lowest BCUT2D eigenvalue weighted by Gasteiger charge is -2.07. The predicted molar refractivity (Wildman–Crippen MR) is 85.6 cm³/mol. The molecule has 0 aliphatic heterocycles. The standard InChI is InChI=1S/C16H25N5O/c1-12-13(2)20-21(14(12)3)9-5-8-17-16(22)7-4-6-15-10-18-19-11-15/h10-11H,4-9H2,1-3H3,(H,17,22)(H,18,19). The van der Waals surface area contributed by atoms with Crippen molar-refractivity contribution < 1.29 is 4.79 Å². The van der Waals surface area contributed by atoms with Gasteiger partial charge in [-0.15, -0.1) is 0 Å². The Morgan fingerprint density at radius 2 is 2.14 bits per heavy atom. The average Bonchev–Trinajstić information content (AvgIpc) is 3.09. The third-order valence-electron chi connectivity index (χ3n) is 4.04. The van der Waals surface area contributed by atoms with Crippen LogP contribution in [0.15, 0.2) is 12.4 Å². The van der Waals surface area contributed by atoms with Gasteiger partial charge in [0.05, 0.1) is 11.9 Å². The SMILES string of the molecule is Cc1nn(CCCNC(=O)CCCc2cn[nH]c2)c(C)c1C. The minimum absolute atomic E-state index is 0.119. The molecule has 1 amide bonds. The van der Waals surface area contributed by atoms with Gasteiger partial charge >= 0.3 is 0 Å². The second-order valence-corrected chi connectivity index (χ2v) is 5.68. The smallest absolute Gasteiger partial charge is 0.220 e. The van der Waals surface area contributed by atoms with Crippen LogP contribution in [0.1, 0.15) is 41.8 Å². The highest BCUT2D eigenvalue weighted by Crippen LogP contribution is 2.11. The van der Waals surface area contributed by atoms with Crippen LogP contribution in [0.3, 0.4) is 0 Å². The van der Waals surface area contributed by atoms with Gasteiger partial charge in [0.25, 0.3) is 0 Å². The van der Waals surface area contributed by atoms with Crippen LogP contribution in [0.25, 0.3) is 0 Å². The first-order valence-corrected chi connectivity index (χ1v) is 7.83. The number of hydrogen-bond donors (Lipinski definition) is 2. The summed E-state index contributed by atoms with van der Waals surface area (Å²) in [5.74, 6) is 0.119. The number of amides is 1. The average molecular weight is 303 g/mol. The quantitative estimate of drug-likeness (QED) is 0.733. The Hall–Kier alpha value is -2.11. The molecule has 6 heteroatoms. The number of aryl methyl sites for hydroxylation is 3. The summed E-state index contributed by atoms with van der Waals surface area (Å²) in [5, 5.41) is 14.1. The highest BCUT2D eigenvalue weighted by atomic mass is 16.1. The Morgan fingerprint density at radius 1 is 1.32 bits per heavy atom. The first kappa shape index (κ1) is 16.3. The Kier molecular flexibility index (Phi) is 5.75. The molecule has 2 N–H and O–H groups in total. The van der Waals surface area contributed by atoms with Crippen LogP contribution < -0.4 is 5.32 Å². The van der Waals surface area contributed by atoms with Crippen LogP contribution >= 0.6 is 0 Å². The maximum absolute atomic E-state index is 11.8. The molecular formula is C16H25N5O. The van der Waals surface area contributed by atoms with Gasteiger partial charge in [0.1, 0.15) is 0 Å². The monoisotopic (exact) mass is 303 g/mol. The number of rotatable bonds is 8. The molecule has 0 fully saturated rings. The normalized spacial score (nSPS) is 10.9. The van der Waals surface area contributed by atoms with E-state index in [1.54, 1.807) is 6.20 Å². The number of H-pyrrole nitrogens is 1. The van der Waals surface area contributed by atoms with Crippen molar-refractivity contribution in [2.45, 2.75) is 53.0 Å². The van der Waals surface area contributed by atoms with Crippen LogP contribution in [0, 0.1) is 20.8 Å². The van der Waals surface area contributed by atoms with Gasteiger partial charge in [-0.1, -0.05) is 0 Å². The minimum Gasteiger partial charge on any atom is -0.356 e. The maximum Gasteiger partial charge on any atom is 0.220 e. The van der Waals surface area contributed by atoms with E-state index in [4.69, 9.17) is 0 Å². The van der Waals surface area contributed by atoms with Gasteiger partial charge < -0.3 is 5.32 Å². The summed E-state index contributed by atoms with van der Waals surface area (Å²) >= 11 is 0. The van der Waals surface area contributed by atoms with E-state index in [1.165, 1.54) is 11.3 Å². The van der Waals surface area contributed by atoms with Crippen LogP contribution in [0.5, 0.6) is 0 Å². The van der Waals surface area contributed by atoms with Crippen molar-refractivity contribution in [2.75, 3.05) is 6.54 Å². The Balaban J connectivity index is 1.59. The van der Waals surface area contributed by atoms with Crippen molar-refractivity contribution in [3.05, 3.63) is 34.9 Å². The van der Waals surface area contributed by atoms with E-state index in [1.807, 2.05) is 17.8 Å². The van der Waals surface area contributed by atoms with Gasteiger partial charge in [-0.2, -0.15) is 10.2 Å². The lowest BCUT2D eigenvalue weighted by Crippen LogP contribution is -2.25. The molecule has 0 aliphatic carbocycles. The van der Waals surface area contributed by atoms with Crippen LogP contribution in [0.4, 0.5) is 0 Å². The number of hydrogen-bond acceptors (Lipinski definition) is 3. The molecular weight excluding hydrogens is 278 g/mol. The number of nitrogens with one attached hydrogen (secondary N) is 2. The van der Waals surface area contributed by atoms with E-state index in [9.17, 15) is 4.79 Å². The Bertz CT molecular complexity index is 600. The fourth-order valence-corrected chi connectivity index (χ4v) is 2.42. The van der Waals surface area contributed by atoms with Crippen molar-refractivity contribution in [3.8, 4) is 0 Å². The van der Waals surface area contributed by atoms with E-state index < -0.39 is 0 Å². The fraction of sp³-hybridized carbons (Fsp3) is 0.562. The van der Waals surface area contributed by atoms with Gasteiger partial charge in [-0.3, -0.25) is 14.6 Å². The van der Waals surface area contributed by atoms with E-state index in [0.29, 0.717) is 13.0 Å². The molecule has 22 heavy (non-hydrogen) atoms. The third kappa shape index (κ3) is 4.44. The molecule has 0 bridgehead atoms. The molecule has 0 unspecified atom stereocenters. The molecule has 0 saturated carbocycles. The van der Waals surface area contributed by atoms with Crippen LogP contribution in [-0.4, -0.2) is 32.4 Å². The van der Waals surface area contributed by atoms with E-state index in [0.717, 1.165) is 37.1 Å². The molecule has 0 aromatic carbocycles. The second kappa shape index (κ2) is 7.77. The van der Waals surface area contributed by atoms with Gasteiger partial charge in [0.15, 0.2) is 0 Å². The van der Waals surface area contributed by atoms with Crippen molar-refractivity contribution in [1.29, 1.82) is 0 Å². The summed E-state index contributed by atoms with van der Waals surface area (Å²) in [4.78, 5) is 11.8. The lowest BCUT2D eigenvalue weighted by atomic mass is 10.1. The summed E-state index contributed by atoms with van der Waals surface area (Å²) in [6.07, 6.45) is 6.86. The first-order valence-electron chi connectivity index (χ1n) is 7.83. The molecule has 0 aliphatic rings. The summed E-state index contributed by atoms with van der Waals surface area (Å²) < 4.78 is 2.02. The topological polar surface area (TPSA) is 75.6 Å². The zero-order chi connectivity index (χ0) is 15.9. The number of carbonyl (C=O) groups is 1. The lowest BCUT2D eigenvalue weighted by molar-refractivity contribution is -0.121. The highest BCUT2D eigenvalue weighted by molar-refractivity contribution is 5.75. The minimum atomic E-state index is 0.119. The fourth-order valence-electron chi connectivity index (χ4n) is 2.42. The van der Waals surface area contributed by atoms with Gasteiger partial charge in [-0.25, -0.2) is 0 Å². The molecule has 2 rings (SSSR count). The molecule has 2 aromatic rings. The van der Waals surface area contributed by atoms with Gasteiger partial charge in [0, 0.05) is 31.4 Å². The highest BCUT2D eigenvalue weighted by Gasteiger charge is 2.07. The number of aromatic nitrogens is 4. The van der Waals surface area contributed by atoms with Crippen molar-refractivity contribution >= 4 is 5.91 Å². The molecule has 2 aromatic heterocycles. The zero-order valence-corrected chi connectivity index (χ0v) is 13.6. The Labute approximate surface area is 131 Å². The van der Waals surface area contributed by atoms with Crippen molar-refractivity contribution in [2.24, 2.45) is 0 Å². The first-order chi connectivity index (χ1) is 10.6. The largest absolute Gasteiger partial charge is 0.356 e.